The van der Waals surface area contributed by atoms with Gasteiger partial charge in [0.15, 0.2) is 5.16 Å². The van der Waals surface area contributed by atoms with Crippen LogP contribution in [0.3, 0.4) is 0 Å². The highest BCUT2D eigenvalue weighted by Crippen LogP contribution is 2.23. The molecule has 1 heterocycles. The van der Waals surface area contributed by atoms with Crippen molar-refractivity contribution in [3.05, 3.63) is 34.9 Å². The van der Waals surface area contributed by atoms with E-state index in [1.54, 1.807) is 28.5 Å². The van der Waals surface area contributed by atoms with Gasteiger partial charge < -0.3 is 11.5 Å². The highest BCUT2D eigenvalue weighted by molar-refractivity contribution is 7.98. The predicted molar refractivity (Wildman–Crippen MR) is 74.7 cm³/mol. The molecule has 0 saturated heterocycles. The van der Waals surface area contributed by atoms with Crippen LogP contribution >= 0.6 is 11.8 Å². The summed E-state index contributed by atoms with van der Waals surface area (Å²) in [5.74, 6) is 0.711. The number of anilines is 1. The van der Waals surface area contributed by atoms with Crippen molar-refractivity contribution >= 4 is 23.6 Å². The van der Waals surface area contributed by atoms with Gasteiger partial charge in [-0.25, -0.2) is 0 Å². The minimum absolute atomic E-state index is 0.392. The molecule has 0 aliphatic carbocycles. The topological polar surface area (TPSA) is 99.8 Å². The van der Waals surface area contributed by atoms with E-state index < -0.39 is 5.91 Å². The summed E-state index contributed by atoms with van der Waals surface area (Å²) in [5, 5.41) is 8.54. The average molecular weight is 277 g/mol. The molecule has 0 bridgehead atoms. The average Bonchev–Trinajstić information content (AvgIpc) is 2.68. The van der Waals surface area contributed by atoms with Gasteiger partial charge in [0, 0.05) is 18.4 Å². The number of aryl methyl sites for hydroxylation is 1. The third-order valence-corrected chi connectivity index (χ3v) is 3.92. The van der Waals surface area contributed by atoms with Crippen LogP contribution in [0.4, 0.5) is 5.95 Å². The molecule has 0 fully saturated rings. The van der Waals surface area contributed by atoms with Crippen LogP contribution in [0.25, 0.3) is 0 Å². The lowest BCUT2D eigenvalue weighted by molar-refractivity contribution is 0.1000. The minimum atomic E-state index is -0.414. The fraction of sp³-hybridized carbons (Fsp3) is 0.250. The number of carbonyl (C=O) groups is 1. The van der Waals surface area contributed by atoms with Gasteiger partial charge in [-0.05, 0) is 30.2 Å². The van der Waals surface area contributed by atoms with Gasteiger partial charge in [0.25, 0.3) is 0 Å². The molecule has 0 spiro atoms. The van der Waals surface area contributed by atoms with Gasteiger partial charge in [-0.3, -0.25) is 9.36 Å². The number of nitrogen functional groups attached to an aromatic ring is 1. The largest absolute Gasteiger partial charge is 0.368 e. The molecule has 2 rings (SSSR count). The zero-order chi connectivity index (χ0) is 14.0. The number of hydrogen-bond donors (Lipinski definition) is 2. The quantitative estimate of drug-likeness (QED) is 0.815. The molecule has 7 heteroatoms. The van der Waals surface area contributed by atoms with E-state index in [0.717, 1.165) is 22.0 Å². The van der Waals surface area contributed by atoms with Crippen molar-refractivity contribution in [2.24, 2.45) is 12.8 Å². The number of amides is 1. The summed E-state index contributed by atoms with van der Waals surface area (Å²) in [5.41, 5.74) is 13.5. The highest BCUT2D eigenvalue weighted by atomic mass is 32.2. The molecule has 1 amide bonds. The van der Waals surface area contributed by atoms with E-state index in [0.29, 0.717) is 11.5 Å². The number of aromatic nitrogens is 3. The first-order valence-corrected chi connectivity index (χ1v) is 6.64. The molecule has 0 atom stereocenters. The minimum Gasteiger partial charge on any atom is -0.368 e. The number of thioether (sulfide) groups is 1. The first kappa shape index (κ1) is 13.4. The zero-order valence-corrected chi connectivity index (χ0v) is 11.6. The third kappa shape index (κ3) is 2.87. The van der Waals surface area contributed by atoms with Crippen LogP contribution in [0.15, 0.2) is 23.4 Å². The maximum atomic E-state index is 11.1. The maximum absolute atomic E-state index is 11.1. The van der Waals surface area contributed by atoms with Crippen molar-refractivity contribution in [3.8, 4) is 0 Å². The van der Waals surface area contributed by atoms with E-state index in [4.69, 9.17) is 11.5 Å². The second-order valence-electron chi connectivity index (χ2n) is 4.19. The van der Waals surface area contributed by atoms with Crippen molar-refractivity contribution in [1.82, 2.24) is 14.8 Å². The number of nitrogens with zero attached hydrogens (tertiary/aromatic N) is 3. The first-order valence-electron chi connectivity index (χ1n) is 5.66. The fourth-order valence-corrected chi connectivity index (χ4v) is 2.60. The summed E-state index contributed by atoms with van der Waals surface area (Å²) in [6.07, 6.45) is 0. The number of nitrogens with two attached hydrogens (primary N) is 2. The van der Waals surface area contributed by atoms with Crippen molar-refractivity contribution in [2.45, 2.75) is 17.8 Å². The Hall–Kier alpha value is -2.02. The predicted octanol–water partition coefficient (Wildman–Crippen LogP) is 1.10. The van der Waals surface area contributed by atoms with Gasteiger partial charge in [-0.1, -0.05) is 17.8 Å². The molecule has 1 aromatic carbocycles. The SMILES string of the molecule is Cc1cc(C(N)=O)ccc1CSc1nnc(N)n1C. The Morgan fingerprint density at radius 1 is 1.42 bits per heavy atom. The molecule has 0 aliphatic rings. The van der Waals surface area contributed by atoms with Crippen LogP contribution in [0, 0.1) is 6.92 Å². The Bertz CT molecular complexity index is 623. The number of carbonyl (C=O) groups excluding carboxylic acids is 1. The number of rotatable bonds is 4. The molecule has 0 aliphatic heterocycles. The standard InChI is InChI=1S/C12H15N5OS/c1-7-5-8(10(13)18)3-4-9(7)6-19-12-16-15-11(14)17(12)2/h3-5H,6H2,1-2H3,(H2,13,18)(H2,14,15). The maximum Gasteiger partial charge on any atom is 0.248 e. The molecule has 100 valence electrons. The lowest BCUT2D eigenvalue weighted by Gasteiger charge is -2.06. The summed E-state index contributed by atoms with van der Waals surface area (Å²) in [6.45, 7) is 1.95. The van der Waals surface area contributed by atoms with Gasteiger partial charge in [0.1, 0.15) is 0 Å². The normalized spacial score (nSPS) is 10.6. The molecule has 1 aromatic heterocycles. The van der Waals surface area contributed by atoms with Crippen LogP contribution < -0.4 is 11.5 Å². The number of benzene rings is 1. The lowest BCUT2D eigenvalue weighted by atomic mass is 10.1. The van der Waals surface area contributed by atoms with Gasteiger partial charge >= 0.3 is 0 Å². The van der Waals surface area contributed by atoms with E-state index in [1.165, 1.54) is 0 Å². The van der Waals surface area contributed by atoms with E-state index in [-0.39, 0.29) is 0 Å². The number of primary amides is 1. The van der Waals surface area contributed by atoms with Gasteiger partial charge in [0.2, 0.25) is 11.9 Å². The zero-order valence-electron chi connectivity index (χ0n) is 10.8. The first-order chi connectivity index (χ1) is 8.99. The van der Waals surface area contributed by atoms with Crippen molar-refractivity contribution in [1.29, 1.82) is 0 Å². The van der Waals surface area contributed by atoms with Gasteiger partial charge in [0.05, 0.1) is 0 Å². The van der Waals surface area contributed by atoms with Gasteiger partial charge in [-0.15, -0.1) is 10.2 Å². The molecule has 19 heavy (non-hydrogen) atoms. The van der Waals surface area contributed by atoms with E-state index in [9.17, 15) is 4.79 Å². The summed E-state index contributed by atoms with van der Waals surface area (Å²) in [7, 11) is 1.82. The lowest BCUT2D eigenvalue weighted by Crippen LogP contribution is -2.11. The van der Waals surface area contributed by atoms with E-state index in [1.807, 2.05) is 20.0 Å². The second kappa shape index (κ2) is 5.31. The molecule has 6 nitrogen and oxygen atoms in total. The summed E-state index contributed by atoms with van der Waals surface area (Å²) in [6, 6.07) is 5.43. The monoisotopic (exact) mass is 277 g/mol. The Kier molecular flexibility index (Phi) is 3.75. The smallest absolute Gasteiger partial charge is 0.248 e. The molecular formula is C12H15N5OS. The Labute approximate surface area is 115 Å². The Morgan fingerprint density at radius 3 is 2.68 bits per heavy atom. The fourth-order valence-electron chi connectivity index (χ4n) is 1.61. The van der Waals surface area contributed by atoms with E-state index in [2.05, 4.69) is 10.2 Å². The molecule has 4 N–H and O–H groups in total. The van der Waals surface area contributed by atoms with Gasteiger partial charge in [-0.2, -0.15) is 0 Å². The summed E-state index contributed by atoms with van der Waals surface area (Å²) in [4.78, 5) is 11.1. The van der Waals surface area contributed by atoms with E-state index >= 15 is 0 Å². The summed E-state index contributed by atoms with van der Waals surface area (Å²) >= 11 is 1.54. The molecule has 0 unspecified atom stereocenters. The van der Waals surface area contributed by atoms with Crippen LogP contribution in [-0.4, -0.2) is 20.7 Å². The number of hydrogen-bond acceptors (Lipinski definition) is 5. The highest BCUT2D eigenvalue weighted by Gasteiger charge is 2.08. The molecule has 0 saturated carbocycles. The van der Waals surface area contributed by atoms with Crippen molar-refractivity contribution in [2.75, 3.05) is 5.73 Å². The Morgan fingerprint density at radius 2 is 2.16 bits per heavy atom. The van der Waals surface area contributed by atoms with Crippen LogP contribution in [0.2, 0.25) is 0 Å². The third-order valence-electron chi connectivity index (χ3n) is 2.85. The van der Waals surface area contributed by atoms with Crippen molar-refractivity contribution in [3.63, 3.8) is 0 Å². The molecular weight excluding hydrogens is 262 g/mol. The second-order valence-corrected chi connectivity index (χ2v) is 5.14. The van der Waals surface area contributed by atoms with Crippen LogP contribution in [0.1, 0.15) is 21.5 Å². The van der Waals surface area contributed by atoms with Crippen LogP contribution in [-0.2, 0) is 12.8 Å². The molecule has 0 radical (unpaired) electrons. The molecule has 2 aromatic rings. The summed E-state index contributed by atoms with van der Waals surface area (Å²) < 4.78 is 1.73. The Balaban J connectivity index is 2.12. The van der Waals surface area contributed by atoms with Crippen molar-refractivity contribution < 1.29 is 4.79 Å². The van der Waals surface area contributed by atoms with Crippen LogP contribution in [0.5, 0.6) is 0 Å².